The molecule has 0 saturated carbocycles. The summed E-state index contributed by atoms with van der Waals surface area (Å²) in [5.41, 5.74) is 6.41. The van der Waals surface area contributed by atoms with Crippen molar-refractivity contribution in [2.24, 2.45) is 5.41 Å². The van der Waals surface area contributed by atoms with Crippen LogP contribution in [0.5, 0.6) is 0 Å². The lowest BCUT2D eigenvalue weighted by atomic mass is 9.86. The van der Waals surface area contributed by atoms with E-state index in [9.17, 15) is 0 Å². The van der Waals surface area contributed by atoms with Gasteiger partial charge in [0.1, 0.15) is 0 Å². The second-order valence-corrected chi connectivity index (χ2v) is 6.75. The van der Waals surface area contributed by atoms with Crippen molar-refractivity contribution < 1.29 is 0 Å². The third kappa shape index (κ3) is 2.56. The number of nitrogens with one attached hydrogen (secondary N) is 1. The van der Waals surface area contributed by atoms with Gasteiger partial charge in [0.15, 0.2) is 0 Å². The lowest BCUT2D eigenvalue weighted by Crippen LogP contribution is -2.29. The summed E-state index contributed by atoms with van der Waals surface area (Å²) in [6.07, 6.45) is 2.75. The fraction of sp³-hybridized carbons (Fsp3) is 0.647. The van der Waals surface area contributed by atoms with Crippen molar-refractivity contribution in [3.8, 4) is 0 Å². The average Bonchev–Trinajstić information content (AvgIpc) is 2.98. The molecule has 0 bridgehead atoms. The highest BCUT2D eigenvalue weighted by Gasteiger charge is 2.40. The molecule has 1 aromatic carbocycles. The van der Waals surface area contributed by atoms with Gasteiger partial charge in [-0.25, -0.2) is 0 Å². The van der Waals surface area contributed by atoms with Gasteiger partial charge in [0.25, 0.3) is 0 Å². The molecule has 2 heteroatoms. The maximum Gasteiger partial charge on any atom is 0.0236 e. The molecule has 1 spiro atoms. The first-order valence-electron chi connectivity index (χ1n) is 7.58. The van der Waals surface area contributed by atoms with Crippen molar-refractivity contribution in [3.63, 3.8) is 0 Å². The zero-order valence-corrected chi connectivity index (χ0v) is 12.6. The van der Waals surface area contributed by atoms with E-state index in [1.54, 1.807) is 0 Å². The second kappa shape index (κ2) is 4.92. The Bertz CT molecular complexity index is 472. The van der Waals surface area contributed by atoms with Crippen molar-refractivity contribution >= 4 is 0 Å². The molecule has 0 radical (unpaired) electrons. The summed E-state index contributed by atoms with van der Waals surface area (Å²) in [6, 6.07) is 4.73. The van der Waals surface area contributed by atoms with Crippen LogP contribution >= 0.6 is 0 Å². The van der Waals surface area contributed by atoms with Crippen LogP contribution in [-0.2, 0) is 6.54 Å². The molecule has 0 aliphatic carbocycles. The van der Waals surface area contributed by atoms with Crippen LogP contribution in [0.2, 0.25) is 0 Å². The number of rotatable bonds is 2. The Morgan fingerprint density at radius 3 is 2.63 bits per heavy atom. The maximum absolute atomic E-state index is 3.54. The molecule has 3 rings (SSSR count). The molecule has 1 unspecified atom stereocenters. The molecule has 2 aliphatic rings. The predicted molar refractivity (Wildman–Crippen MR) is 80.5 cm³/mol. The van der Waals surface area contributed by atoms with E-state index >= 15 is 0 Å². The molecule has 2 heterocycles. The molecule has 2 fully saturated rings. The Morgan fingerprint density at radius 1 is 1.11 bits per heavy atom. The van der Waals surface area contributed by atoms with E-state index in [0.29, 0.717) is 5.41 Å². The molecular formula is C17H26N2. The van der Waals surface area contributed by atoms with Crippen LogP contribution in [0, 0.1) is 26.2 Å². The Morgan fingerprint density at radius 2 is 1.89 bits per heavy atom. The predicted octanol–water partition coefficient (Wildman–Crippen LogP) is 2.80. The van der Waals surface area contributed by atoms with E-state index in [2.05, 4.69) is 43.1 Å². The van der Waals surface area contributed by atoms with Gasteiger partial charge in [0.05, 0.1) is 0 Å². The van der Waals surface area contributed by atoms with E-state index in [1.165, 1.54) is 61.3 Å². The number of aryl methyl sites for hydroxylation is 3. The summed E-state index contributed by atoms with van der Waals surface area (Å²) in [5, 5.41) is 3.54. The first kappa shape index (κ1) is 13.1. The first-order chi connectivity index (χ1) is 9.08. The molecule has 2 saturated heterocycles. The minimum absolute atomic E-state index is 0.591. The van der Waals surface area contributed by atoms with Crippen molar-refractivity contribution in [2.75, 3.05) is 26.2 Å². The van der Waals surface area contributed by atoms with Gasteiger partial charge in [-0.2, -0.15) is 0 Å². The van der Waals surface area contributed by atoms with E-state index < -0.39 is 0 Å². The Kier molecular flexibility index (Phi) is 3.40. The summed E-state index contributed by atoms with van der Waals surface area (Å²) < 4.78 is 0. The highest BCUT2D eigenvalue weighted by Crippen LogP contribution is 2.36. The van der Waals surface area contributed by atoms with Gasteiger partial charge >= 0.3 is 0 Å². The summed E-state index contributed by atoms with van der Waals surface area (Å²) in [5.74, 6) is 0. The van der Waals surface area contributed by atoms with Crippen LogP contribution < -0.4 is 5.32 Å². The lowest BCUT2D eigenvalue weighted by Gasteiger charge is -2.23. The lowest BCUT2D eigenvalue weighted by molar-refractivity contribution is 0.268. The summed E-state index contributed by atoms with van der Waals surface area (Å²) >= 11 is 0. The zero-order valence-electron chi connectivity index (χ0n) is 12.6. The van der Waals surface area contributed by atoms with Gasteiger partial charge in [0.2, 0.25) is 0 Å². The Balaban J connectivity index is 1.71. The third-order valence-corrected chi connectivity index (χ3v) is 5.20. The summed E-state index contributed by atoms with van der Waals surface area (Å²) in [7, 11) is 0. The normalized spacial score (nSPS) is 27.5. The van der Waals surface area contributed by atoms with Crippen molar-refractivity contribution in [3.05, 3.63) is 34.4 Å². The van der Waals surface area contributed by atoms with Crippen molar-refractivity contribution in [1.82, 2.24) is 10.2 Å². The smallest absolute Gasteiger partial charge is 0.0236 e. The van der Waals surface area contributed by atoms with Crippen LogP contribution in [-0.4, -0.2) is 31.1 Å². The van der Waals surface area contributed by atoms with Crippen LogP contribution in [0.15, 0.2) is 12.1 Å². The fourth-order valence-electron chi connectivity index (χ4n) is 3.74. The highest BCUT2D eigenvalue weighted by atomic mass is 15.2. The molecule has 2 nitrogen and oxygen atoms in total. The standard InChI is InChI=1S/C17H26N2/c1-13-8-15(3)16(9-14(13)2)10-19-7-5-17(12-19)4-6-18-11-17/h8-9,18H,4-7,10-12H2,1-3H3. The average molecular weight is 258 g/mol. The van der Waals surface area contributed by atoms with Gasteiger partial charge in [-0.15, -0.1) is 0 Å². The molecule has 2 aliphatic heterocycles. The fourth-order valence-corrected chi connectivity index (χ4v) is 3.74. The largest absolute Gasteiger partial charge is 0.316 e. The van der Waals surface area contributed by atoms with Crippen LogP contribution in [0.25, 0.3) is 0 Å². The minimum Gasteiger partial charge on any atom is -0.316 e. The molecule has 0 amide bonds. The molecule has 104 valence electrons. The number of nitrogens with zero attached hydrogens (tertiary/aromatic N) is 1. The van der Waals surface area contributed by atoms with E-state index in [-0.39, 0.29) is 0 Å². The van der Waals surface area contributed by atoms with Gasteiger partial charge in [-0.1, -0.05) is 12.1 Å². The van der Waals surface area contributed by atoms with Crippen molar-refractivity contribution in [1.29, 1.82) is 0 Å². The maximum atomic E-state index is 3.54. The molecule has 1 N–H and O–H groups in total. The van der Waals surface area contributed by atoms with Gasteiger partial charge < -0.3 is 5.32 Å². The van der Waals surface area contributed by atoms with E-state index in [4.69, 9.17) is 0 Å². The summed E-state index contributed by atoms with van der Waals surface area (Å²) in [6.45, 7) is 12.8. The number of hydrogen-bond donors (Lipinski definition) is 1. The minimum atomic E-state index is 0.591. The first-order valence-corrected chi connectivity index (χ1v) is 7.58. The van der Waals surface area contributed by atoms with Crippen LogP contribution in [0.3, 0.4) is 0 Å². The van der Waals surface area contributed by atoms with Crippen LogP contribution in [0.4, 0.5) is 0 Å². The molecular weight excluding hydrogens is 232 g/mol. The van der Waals surface area contributed by atoms with Crippen molar-refractivity contribution in [2.45, 2.75) is 40.2 Å². The van der Waals surface area contributed by atoms with Gasteiger partial charge in [-0.05, 0) is 74.4 Å². The van der Waals surface area contributed by atoms with Gasteiger partial charge in [-0.3, -0.25) is 4.90 Å². The molecule has 1 atom stereocenters. The third-order valence-electron chi connectivity index (χ3n) is 5.20. The number of hydrogen-bond acceptors (Lipinski definition) is 2. The monoisotopic (exact) mass is 258 g/mol. The highest BCUT2D eigenvalue weighted by molar-refractivity contribution is 5.36. The molecule has 1 aromatic rings. The van der Waals surface area contributed by atoms with Crippen LogP contribution in [0.1, 0.15) is 35.1 Å². The SMILES string of the molecule is Cc1cc(C)c(CN2CCC3(CCNC3)C2)cc1C. The second-order valence-electron chi connectivity index (χ2n) is 6.75. The Hall–Kier alpha value is -0.860. The number of likely N-dealkylation sites (tertiary alicyclic amines) is 1. The van der Waals surface area contributed by atoms with E-state index in [0.717, 1.165) is 6.54 Å². The molecule has 0 aromatic heterocycles. The topological polar surface area (TPSA) is 15.3 Å². The number of benzene rings is 1. The van der Waals surface area contributed by atoms with Gasteiger partial charge in [0, 0.05) is 19.6 Å². The Labute approximate surface area is 117 Å². The quantitative estimate of drug-likeness (QED) is 0.877. The van der Waals surface area contributed by atoms with E-state index in [1.807, 2.05) is 0 Å². The molecule has 19 heavy (non-hydrogen) atoms. The summed E-state index contributed by atoms with van der Waals surface area (Å²) in [4.78, 5) is 2.66. The zero-order chi connectivity index (χ0) is 13.5.